The molecule has 102 valence electrons. The maximum absolute atomic E-state index is 14.0. The molecule has 0 amide bonds. The van der Waals surface area contributed by atoms with Crippen molar-refractivity contribution in [3.8, 4) is 0 Å². The predicted molar refractivity (Wildman–Crippen MR) is 71.4 cm³/mol. The summed E-state index contributed by atoms with van der Waals surface area (Å²) in [7, 11) is 0. The smallest absolute Gasteiger partial charge is 0.170 e. The fourth-order valence-corrected chi connectivity index (χ4v) is 2.22. The van der Waals surface area contributed by atoms with E-state index in [1.165, 1.54) is 18.2 Å². The van der Waals surface area contributed by atoms with Gasteiger partial charge in [-0.05, 0) is 24.6 Å². The Kier molecular flexibility index (Phi) is 3.03. The number of para-hydroxylation sites is 1. The number of rotatable bonds is 2. The fourth-order valence-electron chi connectivity index (χ4n) is 2.22. The summed E-state index contributed by atoms with van der Waals surface area (Å²) < 4.78 is 32.9. The van der Waals surface area contributed by atoms with E-state index in [9.17, 15) is 13.9 Å². The summed E-state index contributed by atoms with van der Waals surface area (Å²) in [5, 5.41) is 10.8. The number of hydrogen-bond acceptors (Lipinski definition) is 2. The van der Waals surface area contributed by atoms with Gasteiger partial charge in [0.15, 0.2) is 11.4 Å². The van der Waals surface area contributed by atoms with Gasteiger partial charge in [0.1, 0.15) is 17.7 Å². The van der Waals surface area contributed by atoms with Gasteiger partial charge in [-0.15, -0.1) is 0 Å². The van der Waals surface area contributed by atoms with E-state index in [1.54, 1.807) is 31.2 Å². The van der Waals surface area contributed by atoms with Gasteiger partial charge < -0.3 is 9.52 Å². The Labute approximate surface area is 114 Å². The third-order valence-electron chi connectivity index (χ3n) is 3.30. The molecule has 4 heteroatoms. The first-order valence-corrected chi connectivity index (χ1v) is 6.19. The van der Waals surface area contributed by atoms with Crippen molar-refractivity contribution in [2.24, 2.45) is 0 Å². The van der Waals surface area contributed by atoms with E-state index < -0.39 is 17.7 Å². The van der Waals surface area contributed by atoms with E-state index in [0.29, 0.717) is 10.9 Å². The second-order valence-corrected chi connectivity index (χ2v) is 4.69. The second-order valence-electron chi connectivity index (χ2n) is 4.69. The van der Waals surface area contributed by atoms with Gasteiger partial charge in [-0.1, -0.05) is 30.3 Å². The summed E-state index contributed by atoms with van der Waals surface area (Å²) in [6.07, 6.45) is -1.26. The normalized spacial score (nSPS) is 12.8. The van der Waals surface area contributed by atoms with Crippen molar-refractivity contribution in [1.82, 2.24) is 0 Å². The van der Waals surface area contributed by atoms with E-state index in [2.05, 4.69) is 0 Å². The largest absolute Gasteiger partial charge is 0.455 e. The van der Waals surface area contributed by atoms with Crippen LogP contribution < -0.4 is 0 Å². The number of aliphatic hydroxyl groups is 1. The van der Waals surface area contributed by atoms with Gasteiger partial charge in [0.05, 0.1) is 0 Å². The molecule has 1 heterocycles. The number of fused-ring (bicyclic) bond motifs is 1. The summed E-state index contributed by atoms with van der Waals surface area (Å²) in [4.78, 5) is 0. The van der Waals surface area contributed by atoms with Crippen LogP contribution in [0.2, 0.25) is 0 Å². The third-order valence-corrected chi connectivity index (χ3v) is 3.30. The van der Waals surface area contributed by atoms with Gasteiger partial charge in [0.2, 0.25) is 0 Å². The quantitative estimate of drug-likeness (QED) is 0.763. The van der Waals surface area contributed by atoms with Gasteiger partial charge in [0, 0.05) is 10.9 Å². The molecular weight excluding hydrogens is 262 g/mol. The van der Waals surface area contributed by atoms with E-state index >= 15 is 0 Å². The monoisotopic (exact) mass is 274 g/mol. The van der Waals surface area contributed by atoms with Crippen molar-refractivity contribution in [3.05, 3.63) is 71.0 Å². The number of benzene rings is 2. The van der Waals surface area contributed by atoms with Gasteiger partial charge in [0.25, 0.3) is 0 Å². The Morgan fingerprint density at radius 1 is 1.10 bits per heavy atom. The highest BCUT2D eigenvalue weighted by Crippen LogP contribution is 2.31. The van der Waals surface area contributed by atoms with Gasteiger partial charge in [-0.25, -0.2) is 8.78 Å². The SMILES string of the molecule is Cc1cccc(C(O)c2cc3cccc(F)c3o2)c1F. The van der Waals surface area contributed by atoms with E-state index in [1.807, 2.05) is 0 Å². The topological polar surface area (TPSA) is 33.4 Å². The van der Waals surface area contributed by atoms with Crippen molar-refractivity contribution >= 4 is 11.0 Å². The lowest BCUT2D eigenvalue weighted by Gasteiger charge is -2.10. The Bertz CT molecular complexity index is 777. The molecule has 20 heavy (non-hydrogen) atoms. The summed E-state index contributed by atoms with van der Waals surface area (Å²) in [6.45, 7) is 1.61. The van der Waals surface area contributed by atoms with Crippen LogP contribution in [0.3, 0.4) is 0 Å². The fraction of sp³-hybridized carbons (Fsp3) is 0.125. The molecule has 2 aromatic carbocycles. The zero-order valence-electron chi connectivity index (χ0n) is 10.7. The Hall–Kier alpha value is -2.20. The maximum atomic E-state index is 14.0. The molecule has 3 aromatic rings. The number of furan rings is 1. The van der Waals surface area contributed by atoms with Gasteiger partial charge >= 0.3 is 0 Å². The standard InChI is InChI=1S/C16H12F2O2/c1-9-4-2-6-11(14(9)18)15(19)13-8-10-5-3-7-12(17)16(10)20-13/h2-8,15,19H,1H3. The molecule has 0 aliphatic carbocycles. The molecule has 0 saturated carbocycles. The van der Waals surface area contributed by atoms with Crippen molar-refractivity contribution < 1.29 is 18.3 Å². The Morgan fingerprint density at radius 2 is 1.85 bits per heavy atom. The molecule has 0 aliphatic heterocycles. The molecule has 2 nitrogen and oxygen atoms in total. The van der Waals surface area contributed by atoms with Crippen molar-refractivity contribution in [3.63, 3.8) is 0 Å². The third kappa shape index (κ3) is 1.98. The van der Waals surface area contributed by atoms with Gasteiger partial charge in [-0.2, -0.15) is 0 Å². The number of hydrogen-bond donors (Lipinski definition) is 1. The molecule has 0 radical (unpaired) electrons. The first-order chi connectivity index (χ1) is 9.58. The van der Waals surface area contributed by atoms with Crippen LogP contribution in [0.4, 0.5) is 8.78 Å². The molecule has 0 fully saturated rings. The number of aliphatic hydroxyl groups excluding tert-OH is 1. The van der Waals surface area contributed by atoms with Gasteiger partial charge in [-0.3, -0.25) is 0 Å². The molecule has 0 saturated heterocycles. The molecule has 0 bridgehead atoms. The highest BCUT2D eigenvalue weighted by atomic mass is 19.1. The summed E-state index contributed by atoms with van der Waals surface area (Å²) in [5.41, 5.74) is 0.614. The molecule has 1 N–H and O–H groups in total. The first-order valence-electron chi connectivity index (χ1n) is 6.19. The maximum Gasteiger partial charge on any atom is 0.170 e. The molecule has 1 atom stereocenters. The minimum absolute atomic E-state index is 0.0645. The molecular formula is C16H12F2O2. The predicted octanol–water partition coefficient (Wildman–Crippen LogP) is 4.10. The molecule has 3 rings (SSSR count). The molecule has 1 aromatic heterocycles. The molecule has 0 spiro atoms. The Balaban J connectivity index is 2.10. The minimum Gasteiger partial charge on any atom is -0.455 e. The van der Waals surface area contributed by atoms with Crippen LogP contribution >= 0.6 is 0 Å². The van der Waals surface area contributed by atoms with E-state index in [4.69, 9.17) is 4.42 Å². The zero-order chi connectivity index (χ0) is 14.3. The number of aryl methyl sites for hydroxylation is 1. The lowest BCUT2D eigenvalue weighted by molar-refractivity contribution is 0.187. The van der Waals surface area contributed by atoms with Crippen LogP contribution in [0.5, 0.6) is 0 Å². The second kappa shape index (κ2) is 4.72. The minimum atomic E-state index is -1.26. The average Bonchev–Trinajstić information content (AvgIpc) is 2.87. The zero-order valence-corrected chi connectivity index (χ0v) is 10.7. The van der Waals surface area contributed by atoms with E-state index in [-0.39, 0.29) is 16.9 Å². The molecule has 0 aliphatic rings. The lowest BCUT2D eigenvalue weighted by atomic mass is 10.0. The number of halogens is 2. The highest BCUT2D eigenvalue weighted by molar-refractivity contribution is 5.78. The van der Waals surface area contributed by atoms with Crippen molar-refractivity contribution in [2.75, 3.05) is 0 Å². The van der Waals surface area contributed by atoms with Crippen LogP contribution in [0.1, 0.15) is 23.0 Å². The summed E-state index contributed by atoms with van der Waals surface area (Å²) in [5.74, 6) is -0.874. The van der Waals surface area contributed by atoms with Crippen LogP contribution in [0.25, 0.3) is 11.0 Å². The van der Waals surface area contributed by atoms with Crippen molar-refractivity contribution in [2.45, 2.75) is 13.0 Å². The Morgan fingerprint density at radius 3 is 2.60 bits per heavy atom. The highest BCUT2D eigenvalue weighted by Gasteiger charge is 2.20. The lowest BCUT2D eigenvalue weighted by Crippen LogP contribution is -2.02. The summed E-state index contributed by atoms with van der Waals surface area (Å²) in [6, 6.07) is 10.8. The first kappa shape index (κ1) is 12.8. The summed E-state index contributed by atoms with van der Waals surface area (Å²) >= 11 is 0. The molecule has 1 unspecified atom stereocenters. The van der Waals surface area contributed by atoms with E-state index in [0.717, 1.165) is 0 Å². The average molecular weight is 274 g/mol. The van der Waals surface area contributed by atoms with Crippen LogP contribution in [-0.2, 0) is 0 Å². The van der Waals surface area contributed by atoms with Crippen LogP contribution in [-0.4, -0.2) is 5.11 Å². The van der Waals surface area contributed by atoms with Crippen LogP contribution in [0.15, 0.2) is 46.9 Å². The van der Waals surface area contributed by atoms with Crippen molar-refractivity contribution in [1.29, 1.82) is 0 Å². The van der Waals surface area contributed by atoms with Crippen LogP contribution in [0, 0.1) is 18.6 Å².